The van der Waals surface area contributed by atoms with Crippen molar-refractivity contribution >= 4 is 28.3 Å². The van der Waals surface area contributed by atoms with Gasteiger partial charge in [-0.05, 0) is 37.1 Å². The Bertz CT molecular complexity index is 1040. The Morgan fingerprint density at radius 2 is 2.00 bits per heavy atom. The minimum Gasteiger partial charge on any atom is -0.448 e. The lowest BCUT2D eigenvalue weighted by atomic mass is 9.98. The Balaban J connectivity index is 1.51. The number of ether oxygens (including phenoxy) is 1. The number of thiazole rings is 1. The van der Waals surface area contributed by atoms with Crippen molar-refractivity contribution in [1.29, 1.82) is 0 Å². The number of anilines is 1. The normalized spacial score (nSPS) is 15.8. The second-order valence-electron chi connectivity index (χ2n) is 6.60. The highest BCUT2D eigenvalue weighted by Crippen LogP contribution is 2.29. The van der Waals surface area contributed by atoms with Crippen LogP contribution in [0.2, 0.25) is 0 Å². The van der Waals surface area contributed by atoms with Crippen molar-refractivity contribution in [3.05, 3.63) is 70.1 Å². The van der Waals surface area contributed by atoms with Crippen LogP contribution in [0, 0.1) is 13.8 Å². The molecular formula is C21H18N2O3S. The van der Waals surface area contributed by atoms with E-state index in [1.165, 1.54) is 11.3 Å². The zero-order valence-corrected chi connectivity index (χ0v) is 15.8. The number of amides is 1. The Hall–Kier alpha value is -2.99. The molecule has 1 amide bonds. The van der Waals surface area contributed by atoms with E-state index in [9.17, 15) is 9.59 Å². The molecule has 0 unspecified atom stereocenters. The van der Waals surface area contributed by atoms with E-state index in [1.807, 2.05) is 31.4 Å². The van der Waals surface area contributed by atoms with Crippen LogP contribution in [0.4, 0.5) is 5.13 Å². The molecule has 0 fully saturated rings. The van der Waals surface area contributed by atoms with Gasteiger partial charge in [-0.1, -0.05) is 35.9 Å². The third-order valence-electron chi connectivity index (χ3n) is 4.59. The molecule has 6 heteroatoms. The van der Waals surface area contributed by atoms with E-state index >= 15 is 0 Å². The number of carbonyl (C=O) groups is 2. The lowest BCUT2D eigenvalue weighted by Crippen LogP contribution is -2.37. The fraction of sp³-hybridized carbons (Fsp3) is 0.190. The third kappa shape index (κ3) is 3.48. The van der Waals surface area contributed by atoms with Gasteiger partial charge in [-0.15, -0.1) is 11.3 Å². The van der Waals surface area contributed by atoms with Crippen LogP contribution in [0.15, 0.2) is 47.8 Å². The minimum absolute atomic E-state index is 0.361. The zero-order chi connectivity index (χ0) is 19.0. The maximum Gasteiger partial charge on any atom is 0.339 e. The van der Waals surface area contributed by atoms with E-state index in [1.54, 1.807) is 12.1 Å². The molecule has 3 aromatic rings. The van der Waals surface area contributed by atoms with Gasteiger partial charge in [0.15, 0.2) is 11.2 Å². The summed E-state index contributed by atoms with van der Waals surface area (Å²) in [7, 11) is 0. The number of aryl methyl sites for hydroxylation is 2. The van der Waals surface area contributed by atoms with Gasteiger partial charge >= 0.3 is 5.97 Å². The fourth-order valence-corrected chi connectivity index (χ4v) is 3.84. The average molecular weight is 378 g/mol. The second kappa shape index (κ2) is 6.96. The number of rotatable bonds is 3. The van der Waals surface area contributed by atoms with Crippen molar-refractivity contribution < 1.29 is 14.3 Å². The number of cyclic esters (lactones) is 1. The van der Waals surface area contributed by atoms with Crippen molar-refractivity contribution in [1.82, 2.24) is 4.98 Å². The molecular weight excluding hydrogens is 360 g/mol. The van der Waals surface area contributed by atoms with E-state index in [0.29, 0.717) is 17.1 Å². The predicted molar refractivity (Wildman–Crippen MR) is 105 cm³/mol. The Kier molecular flexibility index (Phi) is 4.49. The van der Waals surface area contributed by atoms with E-state index in [2.05, 4.69) is 28.5 Å². The molecule has 0 spiro atoms. The van der Waals surface area contributed by atoms with Crippen LogP contribution in [0.25, 0.3) is 11.3 Å². The number of carbonyl (C=O) groups excluding carboxylic acids is 2. The Labute approximate surface area is 161 Å². The van der Waals surface area contributed by atoms with Crippen LogP contribution in [-0.4, -0.2) is 23.0 Å². The first-order chi connectivity index (χ1) is 13.0. The molecule has 4 rings (SSSR count). The maximum atomic E-state index is 12.6. The van der Waals surface area contributed by atoms with Crippen LogP contribution in [0.1, 0.15) is 27.0 Å². The van der Waals surface area contributed by atoms with E-state index < -0.39 is 12.1 Å². The van der Waals surface area contributed by atoms with Crippen LogP contribution in [-0.2, 0) is 16.0 Å². The van der Waals surface area contributed by atoms with Gasteiger partial charge < -0.3 is 4.74 Å². The Morgan fingerprint density at radius 3 is 2.85 bits per heavy atom. The van der Waals surface area contributed by atoms with E-state index in [0.717, 1.165) is 27.9 Å². The molecule has 2 aromatic carbocycles. The summed E-state index contributed by atoms with van der Waals surface area (Å²) < 4.78 is 5.30. The van der Waals surface area contributed by atoms with Crippen molar-refractivity contribution in [2.45, 2.75) is 26.4 Å². The standard InChI is InChI=1S/C21H18N2O3S/c1-12-7-8-13(2)16(9-12)17-11-27-21(22-17)23-19(24)18-10-14-5-3-4-6-15(14)20(25)26-18/h3-9,11,18H,10H2,1-2H3,(H,22,23,24)/t18-/m0/s1. The van der Waals surface area contributed by atoms with Gasteiger partial charge in [-0.3, -0.25) is 10.1 Å². The van der Waals surface area contributed by atoms with Crippen molar-refractivity contribution in [2.75, 3.05) is 5.32 Å². The summed E-state index contributed by atoms with van der Waals surface area (Å²) in [6, 6.07) is 13.4. The molecule has 1 aliphatic heterocycles. The first-order valence-electron chi connectivity index (χ1n) is 8.64. The zero-order valence-electron chi connectivity index (χ0n) is 15.0. The van der Waals surface area contributed by atoms with Crippen LogP contribution in [0.5, 0.6) is 0 Å². The van der Waals surface area contributed by atoms with Gasteiger partial charge in [-0.2, -0.15) is 0 Å². The van der Waals surface area contributed by atoms with Gasteiger partial charge in [0.1, 0.15) is 0 Å². The van der Waals surface area contributed by atoms with Crippen molar-refractivity contribution in [3.63, 3.8) is 0 Å². The summed E-state index contributed by atoms with van der Waals surface area (Å²) in [6.45, 7) is 4.07. The molecule has 2 heterocycles. The summed E-state index contributed by atoms with van der Waals surface area (Å²) in [4.78, 5) is 29.2. The average Bonchev–Trinajstić information content (AvgIpc) is 3.12. The molecule has 0 saturated carbocycles. The summed E-state index contributed by atoms with van der Waals surface area (Å²) in [5.41, 5.74) is 5.49. The molecule has 0 bridgehead atoms. The molecule has 136 valence electrons. The third-order valence-corrected chi connectivity index (χ3v) is 5.35. The Morgan fingerprint density at radius 1 is 1.19 bits per heavy atom. The summed E-state index contributed by atoms with van der Waals surface area (Å²) in [6.07, 6.45) is -0.483. The first-order valence-corrected chi connectivity index (χ1v) is 9.52. The summed E-state index contributed by atoms with van der Waals surface area (Å²) in [5, 5.41) is 5.19. The number of aromatic nitrogens is 1. The van der Waals surface area contributed by atoms with Crippen molar-refractivity contribution in [2.24, 2.45) is 0 Å². The van der Waals surface area contributed by atoms with Gasteiger partial charge in [0.25, 0.3) is 5.91 Å². The number of esters is 1. The second-order valence-corrected chi connectivity index (χ2v) is 7.46. The van der Waals surface area contributed by atoms with Crippen LogP contribution >= 0.6 is 11.3 Å². The minimum atomic E-state index is -0.847. The van der Waals surface area contributed by atoms with Gasteiger partial charge in [0, 0.05) is 17.4 Å². The smallest absolute Gasteiger partial charge is 0.339 e. The number of nitrogens with zero attached hydrogens (tertiary/aromatic N) is 1. The lowest BCUT2D eigenvalue weighted by Gasteiger charge is -2.23. The van der Waals surface area contributed by atoms with Gasteiger partial charge in [-0.25, -0.2) is 9.78 Å². The maximum absolute atomic E-state index is 12.6. The molecule has 27 heavy (non-hydrogen) atoms. The molecule has 1 aromatic heterocycles. The number of nitrogens with one attached hydrogen (secondary N) is 1. The molecule has 1 atom stereocenters. The SMILES string of the molecule is Cc1ccc(C)c(-c2csc(NC(=O)[C@@H]3Cc4ccccc4C(=O)O3)n2)c1. The topological polar surface area (TPSA) is 68.3 Å². The highest BCUT2D eigenvalue weighted by atomic mass is 32.1. The quantitative estimate of drug-likeness (QED) is 0.695. The molecule has 1 aliphatic rings. The molecule has 0 saturated heterocycles. The highest BCUT2D eigenvalue weighted by molar-refractivity contribution is 7.14. The van der Waals surface area contributed by atoms with Crippen LogP contribution in [0.3, 0.4) is 0 Å². The number of hydrogen-bond donors (Lipinski definition) is 1. The summed E-state index contributed by atoms with van der Waals surface area (Å²) in [5.74, 6) is -0.827. The molecule has 5 nitrogen and oxygen atoms in total. The first kappa shape index (κ1) is 17.4. The monoisotopic (exact) mass is 378 g/mol. The van der Waals surface area contributed by atoms with E-state index in [-0.39, 0.29) is 5.91 Å². The van der Waals surface area contributed by atoms with Gasteiger partial charge in [0.2, 0.25) is 0 Å². The predicted octanol–water partition coefficient (Wildman–Crippen LogP) is 4.15. The fourth-order valence-electron chi connectivity index (χ4n) is 3.13. The highest BCUT2D eigenvalue weighted by Gasteiger charge is 2.31. The molecule has 0 aliphatic carbocycles. The van der Waals surface area contributed by atoms with Gasteiger partial charge in [0.05, 0.1) is 11.3 Å². The molecule has 1 N–H and O–H groups in total. The number of fused-ring (bicyclic) bond motifs is 1. The van der Waals surface area contributed by atoms with Crippen molar-refractivity contribution in [3.8, 4) is 11.3 Å². The van der Waals surface area contributed by atoms with Crippen LogP contribution < -0.4 is 5.32 Å². The number of benzene rings is 2. The molecule has 0 radical (unpaired) electrons. The lowest BCUT2D eigenvalue weighted by molar-refractivity contribution is -0.125. The van der Waals surface area contributed by atoms with E-state index in [4.69, 9.17) is 4.74 Å². The summed E-state index contributed by atoms with van der Waals surface area (Å²) >= 11 is 1.35. The largest absolute Gasteiger partial charge is 0.448 e. The number of hydrogen-bond acceptors (Lipinski definition) is 5.